The smallest absolute Gasteiger partial charge is 0.264 e. The number of anilines is 1. The van der Waals surface area contributed by atoms with E-state index in [0.29, 0.717) is 17.3 Å². The maximum absolute atomic E-state index is 14.5. The normalized spacial score (nSPS) is 11.9. The molecule has 0 heterocycles. The van der Waals surface area contributed by atoms with Crippen LogP contribution in [-0.4, -0.2) is 44.3 Å². The zero-order valence-corrected chi connectivity index (χ0v) is 27.8. The summed E-state index contributed by atoms with van der Waals surface area (Å²) in [7, 11) is -4.20. The molecule has 0 saturated heterocycles. The minimum absolute atomic E-state index is 0.00345. The Morgan fingerprint density at radius 3 is 2.23 bits per heavy atom. The number of nitrogens with one attached hydrogen (secondary N) is 1. The maximum Gasteiger partial charge on any atom is 0.264 e. The van der Waals surface area contributed by atoms with Gasteiger partial charge in [-0.2, -0.15) is 0 Å². The third-order valence-electron chi connectivity index (χ3n) is 7.03. The predicted molar refractivity (Wildman–Crippen MR) is 179 cm³/mol. The average molecular weight is 697 g/mol. The van der Waals surface area contributed by atoms with Crippen molar-refractivity contribution in [1.29, 1.82) is 0 Å². The van der Waals surface area contributed by atoms with Crippen LogP contribution in [0.4, 0.5) is 5.69 Å². The van der Waals surface area contributed by atoms with Crippen LogP contribution in [0.5, 0.6) is 0 Å². The van der Waals surface area contributed by atoms with Gasteiger partial charge in [-0.3, -0.25) is 13.9 Å². The van der Waals surface area contributed by atoms with Crippen LogP contribution >= 0.6 is 27.5 Å². The number of sulfonamides is 1. The van der Waals surface area contributed by atoms with Crippen LogP contribution in [-0.2, 0) is 32.6 Å². The molecule has 0 saturated carbocycles. The van der Waals surface area contributed by atoms with Crippen molar-refractivity contribution in [2.24, 2.45) is 0 Å². The molecular weight excluding hydrogens is 662 g/mol. The van der Waals surface area contributed by atoms with Gasteiger partial charge in [-0.05, 0) is 78.6 Å². The SMILES string of the molecule is CCCNC(=O)C(Cc1ccccc1)N(Cc1cccc(Br)c1)C(=O)CN(c1cccc(C)c1)S(=O)(=O)c1ccc(Cl)cc1. The predicted octanol–water partition coefficient (Wildman–Crippen LogP) is 6.77. The molecule has 4 rings (SSSR count). The van der Waals surface area contributed by atoms with E-state index in [1.807, 2.05) is 74.5 Å². The molecule has 1 unspecified atom stereocenters. The number of halogens is 2. The molecule has 0 radical (unpaired) electrons. The van der Waals surface area contributed by atoms with E-state index in [4.69, 9.17) is 11.6 Å². The highest BCUT2D eigenvalue weighted by Crippen LogP contribution is 2.27. The van der Waals surface area contributed by atoms with Gasteiger partial charge in [-0.15, -0.1) is 0 Å². The first kappa shape index (κ1) is 33.2. The van der Waals surface area contributed by atoms with Crippen LogP contribution in [0.1, 0.15) is 30.0 Å². The first-order chi connectivity index (χ1) is 21.1. The Balaban J connectivity index is 1.80. The number of hydrogen-bond donors (Lipinski definition) is 1. The molecule has 0 aliphatic heterocycles. The van der Waals surface area contributed by atoms with Gasteiger partial charge < -0.3 is 10.2 Å². The highest BCUT2D eigenvalue weighted by molar-refractivity contribution is 9.10. The fourth-order valence-corrected chi connectivity index (χ4v) is 6.78. The number of hydrogen-bond acceptors (Lipinski definition) is 4. The fourth-order valence-electron chi connectivity index (χ4n) is 4.80. The van der Waals surface area contributed by atoms with Crippen molar-refractivity contribution in [2.45, 2.75) is 44.2 Å². The third kappa shape index (κ3) is 8.71. The lowest BCUT2D eigenvalue weighted by Gasteiger charge is -2.34. The topological polar surface area (TPSA) is 86.8 Å². The fraction of sp³-hybridized carbons (Fsp3) is 0.235. The van der Waals surface area contributed by atoms with Gasteiger partial charge in [0.05, 0.1) is 10.6 Å². The third-order valence-corrected chi connectivity index (χ3v) is 9.57. The van der Waals surface area contributed by atoms with Crippen molar-refractivity contribution in [3.8, 4) is 0 Å². The van der Waals surface area contributed by atoms with Gasteiger partial charge in [0, 0.05) is 29.0 Å². The van der Waals surface area contributed by atoms with Crippen molar-refractivity contribution >= 4 is 55.1 Å². The molecule has 0 fully saturated rings. The zero-order chi connectivity index (χ0) is 31.7. The number of aryl methyl sites for hydroxylation is 1. The van der Waals surface area contributed by atoms with Crippen LogP contribution < -0.4 is 9.62 Å². The minimum atomic E-state index is -4.20. The Bertz CT molecular complexity index is 1680. The maximum atomic E-state index is 14.5. The molecule has 0 spiro atoms. The van der Waals surface area contributed by atoms with Gasteiger partial charge in [0.25, 0.3) is 10.0 Å². The second-order valence-electron chi connectivity index (χ2n) is 10.5. The van der Waals surface area contributed by atoms with E-state index in [1.54, 1.807) is 18.2 Å². The van der Waals surface area contributed by atoms with Gasteiger partial charge in [0.1, 0.15) is 12.6 Å². The first-order valence-corrected chi connectivity index (χ1v) is 16.9. The Morgan fingerprint density at radius 2 is 1.57 bits per heavy atom. The van der Waals surface area contributed by atoms with Crippen molar-refractivity contribution in [3.63, 3.8) is 0 Å². The lowest BCUT2D eigenvalue weighted by atomic mass is 10.0. The molecule has 4 aromatic rings. The molecule has 0 aliphatic carbocycles. The van der Waals surface area contributed by atoms with Crippen LogP contribution in [0, 0.1) is 6.92 Å². The molecule has 0 aromatic heterocycles. The number of amides is 2. The minimum Gasteiger partial charge on any atom is -0.354 e. The Hall–Kier alpha value is -3.66. The number of rotatable bonds is 13. The molecule has 0 aliphatic rings. The van der Waals surface area contributed by atoms with Crippen LogP contribution in [0.25, 0.3) is 0 Å². The highest BCUT2D eigenvalue weighted by Gasteiger charge is 2.34. The summed E-state index contributed by atoms with van der Waals surface area (Å²) in [5, 5.41) is 3.35. The molecule has 1 N–H and O–H groups in total. The van der Waals surface area contributed by atoms with E-state index >= 15 is 0 Å². The molecule has 1 atom stereocenters. The van der Waals surface area contributed by atoms with E-state index in [1.165, 1.54) is 29.2 Å². The summed E-state index contributed by atoms with van der Waals surface area (Å²) in [4.78, 5) is 29.6. The molecule has 2 amide bonds. The van der Waals surface area contributed by atoms with Crippen molar-refractivity contribution in [1.82, 2.24) is 10.2 Å². The molecule has 44 heavy (non-hydrogen) atoms. The van der Waals surface area contributed by atoms with Crippen LogP contribution in [0.3, 0.4) is 0 Å². The number of benzene rings is 4. The second kappa shape index (κ2) is 15.4. The molecular formula is C34H35BrClN3O4S. The molecule has 4 aromatic carbocycles. The Labute approximate surface area is 273 Å². The first-order valence-electron chi connectivity index (χ1n) is 14.3. The Morgan fingerprint density at radius 1 is 0.886 bits per heavy atom. The molecule has 230 valence electrons. The largest absolute Gasteiger partial charge is 0.354 e. The van der Waals surface area contributed by atoms with Gasteiger partial charge >= 0.3 is 0 Å². The molecule has 7 nitrogen and oxygen atoms in total. The lowest BCUT2D eigenvalue weighted by Crippen LogP contribution is -2.53. The molecule has 10 heteroatoms. The average Bonchev–Trinajstić information content (AvgIpc) is 3.01. The van der Waals surface area contributed by atoms with Gasteiger partial charge in [-0.25, -0.2) is 8.42 Å². The van der Waals surface area contributed by atoms with Gasteiger partial charge in [0.2, 0.25) is 11.8 Å². The quantitative estimate of drug-likeness (QED) is 0.167. The Kier molecular flexibility index (Phi) is 11.6. The standard InChI is InChI=1S/C34H35BrClN3O4S/c1-3-19-37-34(41)32(22-26-10-5-4-6-11-26)38(23-27-12-8-13-28(35)21-27)33(40)24-39(30-14-7-9-25(2)20-30)44(42,43)31-17-15-29(36)16-18-31/h4-18,20-21,32H,3,19,22-24H2,1-2H3,(H,37,41). The van der Waals surface area contributed by atoms with E-state index in [2.05, 4.69) is 21.2 Å². The van der Waals surface area contributed by atoms with Gasteiger partial charge in [-0.1, -0.05) is 89.1 Å². The summed E-state index contributed by atoms with van der Waals surface area (Å²) in [6.45, 7) is 3.83. The monoisotopic (exact) mass is 695 g/mol. The molecule has 0 bridgehead atoms. The zero-order valence-electron chi connectivity index (χ0n) is 24.6. The van der Waals surface area contributed by atoms with Crippen molar-refractivity contribution in [3.05, 3.63) is 129 Å². The summed E-state index contributed by atoms with van der Waals surface area (Å²) < 4.78 is 30.1. The summed E-state index contributed by atoms with van der Waals surface area (Å²) in [6.07, 6.45) is 0.981. The van der Waals surface area contributed by atoms with Crippen LogP contribution in [0.2, 0.25) is 5.02 Å². The van der Waals surface area contributed by atoms with E-state index in [0.717, 1.165) is 31.9 Å². The van der Waals surface area contributed by atoms with Crippen molar-refractivity contribution < 1.29 is 18.0 Å². The van der Waals surface area contributed by atoms with E-state index < -0.39 is 28.5 Å². The van der Waals surface area contributed by atoms with Crippen LogP contribution in [0.15, 0.2) is 112 Å². The number of carbonyl (C=O) groups is 2. The number of nitrogens with zero attached hydrogens (tertiary/aromatic N) is 2. The van der Waals surface area contributed by atoms with Gasteiger partial charge in [0.15, 0.2) is 0 Å². The van der Waals surface area contributed by atoms with E-state index in [9.17, 15) is 18.0 Å². The summed E-state index contributed by atoms with van der Waals surface area (Å²) in [6, 6.07) is 28.9. The summed E-state index contributed by atoms with van der Waals surface area (Å²) in [5.41, 5.74) is 2.83. The second-order valence-corrected chi connectivity index (χ2v) is 13.7. The summed E-state index contributed by atoms with van der Waals surface area (Å²) >= 11 is 9.55. The highest BCUT2D eigenvalue weighted by atomic mass is 79.9. The number of carbonyl (C=O) groups excluding carboxylic acids is 2. The van der Waals surface area contributed by atoms with E-state index in [-0.39, 0.29) is 23.8 Å². The van der Waals surface area contributed by atoms with Crippen molar-refractivity contribution in [2.75, 3.05) is 17.4 Å². The lowest BCUT2D eigenvalue weighted by molar-refractivity contribution is -0.140. The summed E-state index contributed by atoms with van der Waals surface area (Å²) in [5.74, 6) is -0.821.